The summed E-state index contributed by atoms with van der Waals surface area (Å²) in [6.07, 6.45) is 5.02. The number of piperazine rings is 1. The van der Waals surface area contributed by atoms with E-state index in [4.69, 9.17) is 0 Å². The van der Waals surface area contributed by atoms with Crippen molar-refractivity contribution in [2.75, 3.05) is 31.1 Å². The summed E-state index contributed by atoms with van der Waals surface area (Å²) in [6, 6.07) is 11.3. The van der Waals surface area contributed by atoms with Crippen LogP contribution in [0.1, 0.15) is 74.3 Å². The molecule has 6 heteroatoms. The highest BCUT2D eigenvalue weighted by atomic mass is 16.2. The first-order valence-corrected chi connectivity index (χ1v) is 12.1. The molecule has 2 fully saturated rings. The molecule has 3 amide bonds. The Kier molecular flexibility index (Phi) is 5.69. The minimum absolute atomic E-state index is 0.0107. The molecule has 5 rings (SSSR count). The van der Waals surface area contributed by atoms with E-state index in [1.54, 1.807) is 18.2 Å². The number of hydrogen-bond acceptors (Lipinski definition) is 4. The number of rotatable bonds is 3. The minimum atomic E-state index is -0.240. The third-order valence-corrected chi connectivity index (χ3v) is 7.59. The van der Waals surface area contributed by atoms with Gasteiger partial charge in [-0.2, -0.15) is 0 Å². The van der Waals surface area contributed by atoms with Gasteiger partial charge in [0.25, 0.3) is 17.7 Å². The maximum Gasteiger partial charge on any atom is 0.261 e. The Bertz CT molecular complexity index is 1110. The summed E-state index contributed by atoms with van der Waals surface area (Å²) in [5, 5.41) is 0. The maximum atomic E-state index is 13.2. The molecule has 0 spiro atoms. The molecule has 0 bridgehead atoms. The Balaban J connectivity index is 1.29. The van der Waals surface area contributed by atoms with Crippen LogP contribution in [0.2, 0.25) is 0 Å². The number of imide groups is 1. The molecule has 0 aromatic heterocycles. The number of anilines is 1. The monoisotopic (exact) mass is 445 g/mol. The van der Waals surface area contributed by atoms with Crippen molar-refractivity contribution >= 4 is 23.4 Å². The number of carbonyl (C=O) groups excluding carboxylic acids is 3. The third kappa shape index (κ3) is 3.81. The van der Waals surface area contributed by atoms with Gasteiger partial charge in [0.15, 0.2) is 0 Å². The molecule has 3 aliphatic rings. The number of benzene rings is 2. The molecule has 6 nitrogen and oxygen atoms in total. The van der Waals surface area contributed by atoms with Crippen LogP contribution in [0.5, 0.6) is 0 Å². The van der Waals surface area contributed by atoms with Crippen LogP contribution in [0.4, 0.5) is 5.69 Å². The standard InChI is InChI=1S/C27H31N3O3/c1-18-7-6-10-24(19(18)2)28-13-15-29(16-14-28)25(31)20-11-12-22-23(17-20)27(33)30(26(22)32)21-8-4-3-5-9-21/h6-7,10-12,17,21H,3-5,8-9,13-16H2,1-2H3. The van der Waals surface area contributed by atoms with Crippen molar-refractivity contribution in [2.24, 2.45) is 0 Å². The molecule has 1 saturated carbocycles. The van der Waals surface area contributed by atoms with Crippen LogP contribution in [0.25, 0.3) is 0 Å². The van der Waals surface area contributed by atoms with E-state index in [-0.39, 0.29) is 23.8 Å². The zero-order chi connectivity index (χ0) is 23.1. The fourth-order valence-corrected chi connectivity index (χ4v) is 5.47. The van der Waals surface area contributed by atoms with E-state index >= 15 is 0 Å². The van der Waals surface area contributed by atoms with Crippen molar-refractivity contribution in [3.8, 4) is 0 Å². The fourth-order valence-electron chi connectivity index (χ4n) is 5.47. The predicted octanol–water partition coefficient (Wildman–Crippen LogP) is 4.19. The molecule has 1 aliphatic carbocycles. The van der Waals surface area contributed by atoms with Gasteiger partial charge in [0.2, 0.25) is 0 Å². The average Bonchev–Trinajstić information content (AvgIpc) is 3.10. The van der Waals surface area contributed by atoms with Crippen molar-refractivity contribution in [3.63, 3.8) is 0 Å². The lowest BCUT2D eigenvalue weighted by Crippen LogP contribution is -2.49. The summed E-state index contributed by atoms with van der Waals surface area (Å²) in [4.78, 5) is 44.9. The van der Waals surface area contributed by atoms with Crippen molar-refractivity contribution in [2.45, 2.75) is 52.0 Å². The van der Waals surface area contributed by atoms with Gasteiger partial charge in [0.1, 0.15) is 0 Å². The number of hydrogen-bond donors (Lipinski definition) is 0. The van der Waals surface area contributed by atoms with E-state index in [2.05, 4.69) is 36.9 Å². The fraction of sp³-hybridized carbons (Fsp3) is 0.444. The molecular formula is C27H31N3O3. The van der Waals surface area contributed by atoms with Crippen LogP contribution >= 0.6 is 0 Å². The predicted molar refractivity (Wildman–Crippen MR) is 128 cm³/mol. The van der Waals surface area contributed by atoms with Gasteiger partial charge >= 0.3 is 0 Å². The van der Waals surface area contributed by atoms with Gasteiger partial charge in [0, 0.05) is 43.5 Å². The summed E-state index contributed by atoms with van der Waals surface area (Å²) in [5.41, 5.74) is 5.08. The van der Waals surface area contributed by atoms with E-state index < -0.39 is 0 Å². The van der Waals surface area contributed by atoms with Crippen LogP contribution in [-0.4, -0.2) is 59.7 Å². The second-order valence-corrected chi connectivity index (χ2v) is 9.53. The molecule has 2 aromatic carbocycles. The van der Waals surface area contributed by atoms with Gasteiger partial charge < -0.3 is 9.80 Å². The highest BCUT2D eigenvalue weighted by Gasteiger charge is 2.40. The second-order valence-electron chi connectivity index (χ2n) is 9.53. The summed E-state index contributed by atoms with van der Waals surface area (Å²) in [5.74, 6) is -0.519. The van der Waals surface area contributed by atoms with Gasteiger partial charge in [-0.05, 0) is 62.1 Å². The lowest BCUT2D eigenvalue weighted by atomic mass is 9.94. The first-order valence-electron chi connectivity index (χ1n) is 12.1. The Morgan fingerprint density at radius 1 is 0.848 bits per heavy atom. The summed E-state index contributed by atoms with van der Waals surface area (Å²) >= 11 is 0. The van der Waals surface area contributed by atoms with Gasteiger partial charge in [-0.15, -0.1) is 0 Å². The molecule has 2 heterocycles. The normalized spacial score (nSPS) is 19.3. The molecule has 0 unspecified atom stereocenters. The second kappa shape index (κ2) is 8.65. The van der Waals surface area contributed by atoms with E-state index in [0.717, 1.165) is 45.2 Å². The van der Waals surface area contributed by atoms with Crippen molar-refractivity contribution in [3.05, 3.63) is 64.2 Å². The Hall–Kier alpha value is -3.15. The van der Waals surface area contributed by atoms with Crippen LogP contribution in [-0.2, 0) is 0 Å². The van der Waals surface area contributed by atoms with Crippen molar-refractivity contribution < 1.29 is 14.4 Å². The summed E-state index contributed by atoms with van der Waals surface area (Å²) in [6.45, 7) is 7.06. The van der Waals surface area contributed by atoms with Crippen molar-refractivity contribution in [1.29, 1.82) is 0 Å². The van der Waals surface area contributed by atoms with Gasteiger partial charge in [0.05, 0.1) is 11.1 Å². The summed E-state index contributed by atoms with van der Waals surface area (Å²) < 4.78 is 0. The largest absolute Gasteiger partial charge is 0.368 e. The highest BCUT2D eigenvalue weighted by molar-refractivity contribution is 6.22. The highest BCUT2D eigenvalue weighted by Crippen LogP contribution is 2.32. The average molecular weight is 446 g/mol. The van der Waals surface area contributed by atoms with Crippen molar-refractivity contribution in [1.82, 2.24) is 9.80 Å². The van der Waals surface area contributed by atoms with Crippen LogP contribution in [0.15, 0.2) is 36.4 Å². The number of fused-ring (bicyclic) bond motifs is 1. The van der Waals surface area contributed by atoms with Gasteiger partial charge in [-0.3, -0.25) is 19.3 Å². The Morgan fingerprint density at radius 2 is 1.55 bits per heavy atom. The van der Waals surface area contributed by atoms with E-state index in [9.17, 15) is 14.4 Å². The number of nitrogens with zero attached hydrogens (tertiary/aromatic N) is 3. The molecule has 1 saturated heterocycles. The quantitative estimate of drug-likeness (QED) is 0.665. The Labute approximate surface area is 195 Å². The lowest BCUT2D eigenvalue weighted by Gasteiger charge is -2.37. The zero-order valence-electron chi connectivity index (χ0n) is 19.5. The smallest absolute Gasteiger partial charge is 0.261 e. The number of amides is 3. The molecule has 172 valence electrons. The van der Waals surface area contributed by atoms with Gasteiger partial charge in [-0.1, -0.05) is 31.4 Å². The first kappa shape index (κ1) is 21.7. The number of carbonyl (C=O) groups is 3. The maximum absolute atomic E-state index is 13.2. The molecule has 0 N–H and O–H groups in total. The topological polar surface area (TPSA) is 60.9 Å². The third-order valence-electron chi connectivity index (χ3n) is 7.59. The molecule has 2 aromatic rings. The van der Waals surface area contributed by atoms with E-state index in [1.807, 2.05) is 4.90 Å². The molecule has 33 heavy (non-hydrogen) atoms. The minimum Gasteiger partial charge on any atom is -0.368 e. The lowest BCUT2D eigenvalue weighted by molar-refractivity contribution is 0.0548. The van der Waals surface area contributed by atoms with E-state index in [0.29, 0.717) is 29.8 Å². The Morgan fingerprint density at radius 3 is 2.27 bits per heavy atom. The van der Waals surface area contributed by atoms with Gasteiger partial charge in [-0.25, -0.2) is 0 Å². The molecule has 0 atom stereocenters. The number of aryl methyl sites for hydroxylation is 1. The molecule has 0 radical (unpaired) electrons. The molecule has 2 aliphatic heterocycles. The van der Waals surface area contributed by atoms with E-state index in [1.165, 1.54) is 21.7 Å². The summed E-state index contributed by atoms with van der Waals surface area (Å²) in [7, 11) is 0. The van der Waals surface area contributed by atoms with Crippen LogP contribution < -0.4 is 4.90 Å². The molecular weight excluding hydrogens is 414 g/mol. The SMILES string of the molecule is Cc1cccc(N2CCN(C(=O)c3ccc4c(c3)C(=O)N(C3CCCCC3)C4=O)CC2)c1C. The van der Waals surface area contributed by atoms with Crippen LogP contribution in [0.3, 0.4) is 0 Å². The van der Waals surface area contributed by atoms with Crippen LogP contribution in [0, 0.1) is 13.8 Å². The zero-order valence-corrected chi connectivity index (χ0v) is 19.5. The first-order chi connectivity index (χ1) is 16.0.